The van der Waals surface area contributed by atoms with Gasteiger partial charge in [-0.3, -0.25) is 19.5 Å². The number of nitrogens with one attached hydrogen (secondary N) is 2. The van der Waals surface area contributed by atoms with Crippen LogP contribution < -0.4 is 15.4 Å². The molecule has 1 unspecified atom stereocenters. The summed E-state index contributed by atoms with van der Waals surface area (Å²) < 4.78 is 19.1. The Bertz CT molecular complexity index is 3570. The summed E-state index contributed by atoms with van der Waals surface area (Å²) >= 11 is 5.60. The van der Waals surface area contributed by atoms with Crippen molar-refractivity contribution >= 4 is 91.0 Å². The topological polar surface area (TPSA) is 184 Å². The minimum Gasteiger partial charge on any atom is -0.497 e. The number of oxime groups is 1. The molecule has 19 heteroatoms. The molecule has 406 valence electrons. The first-order chi connectivity index (χ1) is 39.7. The van der Waals surface area contributed by atoms with Crippen molar-refractivity contribution in [3.8, 4) is 5.75 Å². The predicted molar refractivity (Wildman–Crippen MR) is 316 cm³/mol. The van der Waals surface area contributed by atoms with Crippen LogP contribution in [0.3, 0.4) is 0 Å². The van der Waals surface area contributed by atoms with E-state index in [0.717, 1.165) is 47.9 Å². The molecule has 1 fully saturated rings. The van der Waals surface area contributed by atoms with Gasteiger partial charge in [-0.25, -0.2) is 19.6 Å². The first-order valence-corrected chi connectivity index (χ1v) is 29.5. The Kier molecular flexibility index (Phi) is 16.6. The molecule has 0 radical (unpaired) electrons. The molecular weight excluding hydrogens is 1100 g/mol. The van der Waals surface area contributed by atoms with E-state index in [-0.39, 0.29) is 23.7 Å². The first kappa shape index (κ1) is 54.3. The minimum atomic E-state index is -1.32. The number of anilines is 1. The number of aromatic nitrogens is 3. The number of thioether (sulfide) groups is 2. The summed E-state index contributed by atoms with van der Waals surface area (Å²) in [4.78, 5) is 79.1. The van der Waals surface area contributed by atoms with Gasteiger partial charge in [-0.1, -0.05) is 181 Å². The number of hydrogen-bond acceptors (Lipinski definition) is 17. The number of benzene rings is 6. The molecule has 0 aliphatic carbocycles. The molecule has 2 amide bonds. The van der Waals surface area contributed by atoms with Crippen molar-refractivity contribution in [2.45, 2.75) is 47.0 Å². The van der Waals surface area contributed by atoms with Crippen LogP contribution in [0.25, 0.3) is 10.2 Å². The quantitative estimate of drug-likeness (QED) is 0.0173. The molecular formula is C62H51N7O8S4. The Balaban J connectivity index is 0.896. The number of ether oxygens (including phenoxy) is 3. The van der Waals surface area contributed by atoms with Crippen LogP contribution in [0.5, 0.6) is 5.75 Å². The third kappa shape index (κ3) is 11.8. The van der Waals surface area contributed by atoms with Crippen LogP contribution in [-0.2, 0) is 45.6 Å². The van der Waals surface area contributed by atoms with Crippen LogP contribution in [0, 0.1) is 0 Å². The third-order valence-corrected chi connectivity index (χ3v) is 17.9. The molecule has 2 aliphatic rings. The molecule has 11 rings (SSSR count). The second-order valence-corrected chi connectivity index (χ2v) is 22.9. The molecule has 6 aromatic carbocycles. The van der Waals surface area contributed by atoms with Crippen molar-refractivity contribution in [3.05, 3.63) is 250 Å². The highest BCUT2D eigenvalue weighted by Gasteiger charge is 2.55. The maximum atomic E-state index is 15.0. The van der Waals surface area contributed by atoms with Gasteiger partial charge < -0.3 is 29.7 Å². The second kappa shape index (κ2) is 24.8. The fraction of sp³-hybridized carbons (Fsp3) is 0.161. The average Bonchev–Trinajstić information content (AvgIpc) is 4.29. The maximum Gasteiger partial charge on any atom is 0.355 e. The van der Waals surface area contributed by atoms with E-state index < -0.39 is 52.9 Å². The van der Waals surface area contributed by atoms with Gasteiger partial charge in [-0.05, 0) is 64.1 Å². The Morgan fingerprint density at radius 3 is 1.99 bits per heavy atom. The van der Waals surface area contributed by atoms with Crippen LogP contribution in [-0.4, -0.2) is 85.5 Å². The lowest BCUT2D eigenvalue weighted by atomic mass is 9.77. The number of rotatable bonds is 21. The fourth-order valence-electron chi connectivity index (χ4n) is 9.46. The zero-order valence-electron chi connectivity index (χ0n) is 43.6. The number of nitrogens with zero attached hydrogens (tertiary/aromatic N) is 5. The molecule has 3 aromatic heterocycles. The van der Waals surface area contributed by atoms with Gasteiger partial charge in [0.15, 0.2) is 21.3 Å². The standard InChI is InChI=1S/C62H51N7O8S4/c1-39(58(72)76-54(41-18-8-3-9-19-41)42-20-10-4-11-21-42)77-68-51(49-38-79-60(64-49)67-62(44-22-12-5-13-23-44,45-24-14-6-15-25-45)46-26-16-7-17-27-46)55(70)66-52-56(71)69-53(59(73)75-35-40-28-30-47(74-2)31-29-40)43(36-78-57(52)69)37-80-61-65-48-34-63-33-32-50(48)81-61/h3-34,38-39,52,54,57H,35-37H2,1-2H3,(H,64,67)(H,66,70)/b68-51-/t39-,52?,57+/m0/s1. The summed E-state index contributed by atoms with van der Waals surface area (Å²) in [6, 6.07) is 56.6. The third-order valence-electron chi connectivity index (χ3n) is 13.5. The monoisotopic (exact) mass is 1150 g/mol. The summed E-state index contributed by atoms with van der Waals surface area (Å²) in [5.74, 6) is -1.43. The van der Waals surface area contributed by atoms with Crippen molar-refractivity contribution in [2.75, 3.05) is 23.9 Å². The highest BCUT2D eigenvalue weighted by molar-refractivity contribution is 8.02. The predicted octanol–water partition coefficient (Wildman–Crippen LogP) is 11.2. The lowest BCUT2D eigenvalue weighted by molar-refractivity contribution is -0.160. The molecule has 5 heterocycles. The van der Waals surface area contributed by atoms with Gasteiger partial charge in [-0.15, -0.1) is 34.4 Å². The Labute approximate surface area is 483 Å². The zero-order valence-corrected chi connectivity index (χ0v) is 46.9. The zero-order chi connectivity index (χ0) is 55.7. The SMILES string of the molecule is COc1ccc(COC(=O)C2=C(CSc3nc4cnccc4s3)CS[C@@H]3C(NC(=O)/C(=N\O[C@@H](C)C(=O)OC(c4ccccc4)c4ccccc4)c4csc(NC(c5ccccc5)(c5ccccc5)c5ccccc5)n4)C(=O)N23)cc1. The van der Waals surface area contributed by atoms with Crippen molar-refractivity contribution in [1.82, 2.24) is 25.2 Å². The Hall–Kier alpha value is -8.62. The van der Waals surface area contributed by atoms with Crippen molar-refractivity contribution < 1.29 is 38.2 Å². The molecule has 0 spiro atoms. The number of pyridine rings is 1. The number of carbonyl (C=O) groups is 4. The molecule has 1 saturated heterocycles. The molecule has 0 bridgehead atoms. The van der Waals surface area contributed by atoms with E-state index >= 15 is 0 Å². The van der Waals surface area contributed by atoms with Gasteiger partial charge in [0.2, 0.25) is 6.10 Å². The van der Waals surface area contributed by atoms with E-state index in [1.54, 1.807) is 49.1 Å². The van der Waals surface area contributed by atoms with Crippen LogP contribution in [0.1, 0.15) is 52.1 Å². The number of amides is 2. The van der Waals surface area contributed by atoms with Gasteiger partial charge >= 0.3 is 11.9 Å². The number of methoxy groups -OCH3 is 1. The van der Waals surface area contributed by atoms with E-state index in [1.165, 1.54) is 58.0 Å². The number of fused-ring (bicyclic) bond motifs is 2. The number of hydrogen-bond donors (Lipinski definition) is 2. The van der Waals surface area contributed by atoms with Crippen molar-refractivity contribution in [1.29, 1.82) is 0 Å². The lowest BCUT2D eigenvalue weighted by Gasteiger charge is -2.49. The Morgan fingerprint density at radius 1 is 0.790 bits per heavy atom. The summed E-state index contributed by atoms with van der Waals surface area (Å²) in [5, 5.41) is 12.4. The van der Waals surface area contributed by atoms with Gasteiger partial charge in [0.1, 0.15) is 46.2 Å². The van der Waals surface area contributed by atoms with Crippen LogP contribution >= 0.6 is 46.2 Å². The summed E-state index contributed by atoms with van der Waals surface area (Å²) in [7, 11) is 1.57. The fourth-order valence-corrected chi connectivity index (χ4v) is 13.7. The van der Waals surface area contributed by atoms with E-state index in [1.807, 2.05) is 158 Å². The van der Waals surface area contributed by atoms with Gasteiger partial charge in [0.05, 0.1) is 18.0 Å². The largest absolute Gasteiger partial charge is 0.497 e. The number of thiazole rings is 2. The number of β-lactam (4-membered cyclic amide) rings is 1. The molecule has 0 saturated carbocycles. The lowest BCUT2D eigenvalue weighted by Crippen LogP contribution is -2.71. The van der Waals surface area contributed by atoms with Crippen LogP contribution in [0.4, 0.5) is 5.13 Å². The van der Waals surface area contributed by atoms with Gasteiger partial charge in [0, 0.05) is 23.1 Å². The number of carbonyl (C=O) groups excluding carboxylic acids is 4. The van der Waals surface area contributed by atoms with Crippen molar-refractivity contribution in [3.63, 3.8) is 0 Å². The Morgan fingerprint density at radius 2 is 1.40 bits per heavy atom. The molecule has 15 nitrogen and oxygen atoms in total. The second-order valence-electron chi connectivity index (χ2n) is 18.7. The minimum absolute atomic E-state index is 0.0593. The van der Waals surface area contributed by atoms with E-state index in [4.69, 9.17) is 29.0 Å². The summed E-state index contributed by atoms with van der Waals surface area (Å²) in [6.07, 6.45) is 1.33. The molecule has 3 atom stereocenters. The average molecular weight is 1150 g/mol. The summed E-state index contributed by atoms with van der Waals surface area (Å²) in [6.45, 7) is 1.42. The molecule has 2 aliphatic heterocycles. The van der Waals surface area contributed by atoms with Gasteiger partial charge in [-0.2, -0.15) is 0 Å². The highest BCUT2D eigenvalue weighted by Crippen LogP contribution is 2.44. The molecule has 81 heavy (non-hydrogen) atoms. The van der Waals surface area contributed by atoms with E-state index in [0.29, 0.717) is 28.0 Å². The maximum absolute atomic E-state index is 15.0. The van der Waals surface area contributed by atoms with Crippen molar-refractivity contribution in [2.24, 2.45) is 5.16 Å². The van der Waals surface area contributed by atoms with E-state index in [9.17, 15) is 19.2 Å². The number of esters is 2. The molecule has 9 aromatic rings. The van der Waals surface area contributed by atoms with E-state index in [2.05, 4.69) is 20.8 Å². The normalized spacial score (nSPS) is 15.6. The smallest absolute Gasteiger partial charge is 0.355 e. The first-order valence-electron chi connectivity index (χ1n) is 25.7. The van der Waals surface area contributed by atoms with Crippen LogP contribution in [0.15, 0.2) is 221 Å². The molecule has 2 N–H and O–H groups in total. The van der Waals surface area contributed by atoms with Gasteiger partial charge in [0.25, 0.3) is 11.8 Å². The summed E-state index contributed by atoms with van der Waals surface area (Å²) in [5.41, 5.74) is 5.37. The highest BCUT2D eigenvalue weighted by atomic mass is 32.2. The van der Waals surface area contributed by atoms with Crippen LogP contribution in [0.2, 0.25) is 0 Å².